The van der Waals surface area contributed by atoms with Crippen LogP contribution in [0.15, 0.2) is 70.2 Å². The third-order valence-corrected chi connectivity index (χ3v) is 6.16. The maximum absolute atomic E-state index is 12.3. The van der Waals surface area contributed by atoms with Gasteiger partial charge in [-0.3, -0.25) is 4.79 Å². The first-order valence-electron chi connectivity index (χ1n) is 9.51. The Kier molecular flexibility index (Phi) is 5.37. The predicted octanol–water partition coefficient (Wildman–Crippen LogP) is 2.57. The number of aromatic nitrogens is 2. The third kappa shape index (κ3) is 4.11. The quantitative estimate of drug-likeness (QED) is 0.593. The van der Waals surface area contributed by atoms with Gasteiger partial charge in [0.1, 0.15) is 10.7 Å². The van der Waals surface area contributed by atoms with Crippen molar-refractivity contribution < 1.29 is 13.2 Å². The zero-order valence-corrected chi connectivity index (χ0v) is 17.2. The van der Waals surface area contributed by atoms with Gasteiger partial charge in [0.05, 0.1) is 0 Å². The number of carbonyl (C=O) groups is 1. The molecule has 8 nitrogen and oxygen atoms in total. The van der Waals surface area contributed by atoms with E-state index in [9.17, 15) is 13.2 Å². The maximum Gasteiger partial charge on any atom is 0.285 e. The van der Waals surface area contributed by atoms with Crippen molar-refractivity contribution >= 4 is 27.5 Å². The molecule has 0 aliphatic carbocycles. The number of amidine groups is 1. The van der Waals surface area contributed by atoms with Crippen LogP contribution in [-0.2, 0) is 16.6 Å². The Bertz CT molecular complexity index is 1210. The number of nitrogens with one attached hydrogen (secondary N) is 2. The van der Waals surface area contributed by atoms with E-state index in [0.29, 0.717) is 23.4 Å². The van der Waals surface area contributed by atoms with E-state index < -0.39 is 10.0 Å². The summed E-state index contributed by atoms with van der Waals surface area (Å²) in [7, 11) is -3.67. The molecule has 0 saturated carbocycles. The first-order chi connectivity index (χ1) is 14.4. The second-order valence-corrected chi connectivity index (χ2v) is 8.46. The summed E-state index contributed by atoms with van der Waals surface area (Å²) in [5.41, 5.74) is 1.71. The number of benzene rings is 2. The average Bonchev–Trinajstić information content (AvgIpc) is 3.26. The molecule has 3 aromatic rings. The lowest BCUT2D eigenvalue weighted by atomic mass is 10.1. The first-order valence-corrected chi connectivity index (χ1v) is 11.0. The largest absolute Gasteiger partial charge is 0.352 e. The molecule has 1 aromatic heterocycles. The zero-order valence-electron chi connectivity index (χ0n) is 16.4. The van der Waals surface area contributed by atoms with Gasteiger partial charge in [-0.05, 0) is 49.7 Å². The van der Waals surface area contributed by atoms with Crippen LogP contribution in [-0.4, -0.2) is 36.3 Å². The summed E-state index contributed by atoms with van der Waals surface area (Å²) in [4.78, 5) is 16.7. The molecule has 0 atom stereocenters. The van der Waals surface area contributed by atoms with Crippen molar-refractivity contribution in [3.05, 3.63) is 77.9 Å². The van der Waals surface area contributed by atoms with Crippen molar-refractivity contribution in [2.75, 3.05) is 11.9 Å². The standard InChI is InChI=1S/C21H21N5O3S/c1-15-22-12-14-26(15)13-4-11-23-21(27)16-7-9-17(10-8-16)24-20-18-5-2-3-6-19(18)30(28,29)25-20/h2-3,5-10,12,14H,4,11,13H2,1H3,(H,23,27)(H,24,25). The van der Waals surface area contributed by atoms with Gasteiger partial charge in [0.2, 0.25) is 0 Å². The number of anilines is 1. The lowest BCUT2D eigenvalue weighted by Crippen LogP contribution is -2.25. The van der Waals surface area contributed by atoms with Crippen LogP contribution in [0, 0.1) is 6.92 Å². The number of hydrogen-bond donors (Lipinski definition) is 2. The summed E-state index contributed by atoms with van der Waals surface area (Å²) in [6, 6.07) is 13.5. The summed E-state index contributed by atoms with van der Waals surface area (Å²) in [5, 5.41) is 5.92. The van der Waals surface area contributed by atoms with Crippen LogP contribution in [0.3, 0.4) is 0 Å². The second-order valence-electron chi connectivity index (χ2n) is 6.89. The molecule has 154 valence electrons. The van der Waals surface area contributed by atoms with Crippen LogP contribution in [0.5, 0.6) is 0 Å². The number of carbonyl (C=O) groups excluding carboxylic acids is 1. The number of hydrogen-bond acceptors (Lipinski definition) is 5. The molecule has 30 heavy (non-hydrogen) atoms. The van der Waals surface area contributed by atoms with Gasteiger partial charge in [0.15, 0.2) is 5.84 Å². The van der Waals surface area contributed by atoms with Crippen molar-refractivity contribution in [1.82, 2.24) is 14.9 Å². The van der Waals surface area contributed by atoms with E-state index in [2.05, 4.69) is 20.0 Å². The van der Waals surface area contributed by atoms with Gasteiger partial charge in [-0.25, -0.2) is 4.98 Å². The molecule has 1 amide bonds. The number of sulfonamides is 1. The van der Waals surface area contributed by atoms with Gasteiger partial charge in [-0.15, -0.1) is 4.40 Å². The summed E-state index contributed by atoms with van der Waals surface area (Å²) in [6.07, 6.45) is 4.48. The minimum atomic E-state index is -3.67. The molecule has 1 aliphatic rings. The molecular weight excluding hydrogens is 402 g/mol. The van der Waals surface area contributed by atoms with Crippen molar-refractivity contribution in [3.8, 4) is 0 Å². The lowest BCUT2D eigenvalue weighted by Gasteiger charge is -2.09. The Balaban J connectivity index is 1.34. The lowest BCUT2D eigenvalue weighted by molar-refractivity contribution is 0.0952. The van der Waals surface area contributed by atoms with E-state index in [-0.39, 0.29) is 16.6 Å². The molecule has 0 unspecified atom stereocenters. The third-order valence-electron chi connectivity index (χ3n) is 4.83. The van der Waals surface area contributed by atoms with E-state index in [0.717, 1.165) is 18.8 Å². The van der Waals surface area contributed by atoms with Crippen molar-refractivity contribution in [3.63, 3.8) is 0 Å². The van der Waals surface area contributed by atoms with Gasteiger partial charge < -0.3 is 15.2 Å². The topological polar surface area (TPSA) is 105 Å². The highest BCUT2D eigenvalue weighted by Gasteiger charge is 2.28. The van der Waals surface area contributed by atoms with Crippen LogP contribution in [0.25, 0.3) is 0 Å². The molecule has 1 aliphatic heterocycles. The minimum Gasteiger partial charge on any atom is -0.352 e. The fourth-order valence-corrected chi connectivity index (χ4v) is 4.41. The van der Waals surface area contributed by atoms with Gasteiger partial charge in [0.25, 0.3) is 15.9 Å². The minimum absolute atomic E-state index is 0.157. The van der Waals surface area contributed by atoms with Crippen molar-refractivity contribution in [2.24, 2.45) is 4.40 Å². The highest BCUT2D eigenvalue weighted by Crippen LogP contribution is 2.26. The van der Waals surface area contributed by atoms with E-state index in [1.165, 1.54) is 6.07 Å². The predicted molar refractivity (Wildman–Crippen MR) is 114 cm³/mol. The monoisotopic (exact) mass is 423 g/mol. The fraction of sp³-hybridized carbons (Fsp3) is 0.190. The van der Waals surface area contributed by atoms with Crippen LogP contribution in [0.1, 0.15) is 28.2 Å². The second kappa shape index (κ2) is 8.11. The fourth-order valence-electron chi connectivity index (χ4n) is 3.23. The van der Waals surface area contributed by atoms with Crippen LogP contribution < -0.4 is 10.6 Å². The normalized spacial score (nSPS) is 14.1. The van der Waals surface area contributed by atoms with Gasteiger partial charge >= 0.3 is 0 Å². The summed E-state index contributed by atoms with van der Waals surface area (Å²) < 4.78 is 30.1. The first kappa shape index (κ1) is 19.8. The van der Waals surface area contributed by atoms with E-state index in [1.807, 2.05) is 17.7 Å². The Morgan fingerprint density at radius 1 is 1.10 bits per heavy atom. The Hall–Kier alpha value is -3.46. The number of rotatable bonds is 6. The molecule has 0 spiro atoms. The zero-order chi connectivity index (χ0) is 21.1. The van der Waals surface area contributed by atoms with E-state index in [1.54, 1.807) is 48.7 Å². The van der Waals surface area contributed by atoms with Crippen LogP contribution in [0.4, 0.5) is 5.69 Å². The Morgan fingerprint density at radius 3 is 2.60 bits per heavy atom. The highest BCUT2D eigenvalue weighted by atomic mass is 32.2. The number of imidazole rings is 1. The summed E-state index contributed by atoms with van der Waals surface area (Å²) in [5.74, 6) is 1.07. The summed E-state index contributed by atoms with van der Waals surface area (Å²) in [6.45, 7) is 3.29. The maximum atomic E-state index is 12.3. The average molecular weight is 423 g/mol. The van der Waals surface area contributed by atoms with Crippen molar-refractivity contribution in [2.45, 2.75) is 24.8 Å². The van der Waals surface area contributed by atoms with Gasteiger partial charge in [-0.1, -0.05) is 12.1 Å². The molecule has 0 fully saturated rings. The molecule has 0 saturated heterocycles. The van der Waals surface area contributed by atoms with Crippen LogP contribution >= 0.6 is 0 Å². The molecule has 0 radical (unpaired) electrons. The summed E-state index contributed by atoms with van der Waals surface area (Å²) >= 11 is 0. The molecule has 4 rings (SSSR count). The van der Waals surface area contributed by atoms with Gasteiger partial charge in [-0.2, -0.15) is 8.42 Å². The smallest absolute Gasteiger partial charge is 0.285 e. The Labute approximate surface area is 174 Å². The number of fused-ring (bicyclic) bond motifs is 1. The number of amides is 1. The van der Waals surface area contributed by atoms with E-state index >= 15 is 0 Å². The highest BCUT2D eigenvalue weighted by molar-refractivity contribution is 7.90. The molecule has 2 N–H and O–H groups in total. The van der Waals surface area contributed by atoms with Crippen molar-refractivity contribution in [1.29, 1.82) is 0 Å². The molecular formula is C21H21N5O3S. The number of nitrogens with zero attached hydrogens (tertiary/aromatic N) is 3. The van der Waals surface area contributed by atoms with Crippen LogP contribution in [0.2, 0.25) is 0 Å². The van der Waals surface area contributed by atoms with E-state index in [4.69, 9.17) is 0 Å². The van der Waals surface area contributed by atoms with Gasteiger partial charge in [0, 0.05) is 42.3 Å². The molecule has 2 heterocycles. The molecule has 0 bridgehead atoms. The SMILES string of the molecule is Cc1nccn1CCCNC(=O)c1ccc(NC2=NS(=O)(=O)c3ccccc32)cc1. The Morgan fingerprint density at radius 2 is 1.87 bits per heavy atom. The number of aryl methyl sites for hydroxylation is 2. The molecule has 9 heteroatoms. The molecule has 2 aromatic carbocycles.